The van der Waals surface area contributed by atoms with Gasteiger partial charge in [0.05, 0.1) is 0 Å². The maximum absolute atomic E-state index is 11.5. The Balaban J connectivity index is 1.55. The number of rotatable bonds is 7. The normalized spacial score (nSPS) is 11.0. The van der Waals surface area contributed by atoms with E-state index in [0.717, 1.165) is 32.7 Å². The molecule has 198 valence electrons. The van der Waals surface area contributed by atoms with Crippen LogP contribution in [0.15, 0.2) is 121 Å². The van der Waals surface area contributed by atoms with Crippen LogP contribution in [0.5, 0.6) is 23.0 Å². The Labute approximate surface area is 230 Å². The molecule has 6 rings (SSSR count). The first-order valence-corrected chi connectivity index (χ1v) is 12.5. The molecule has 4 N–H and O–H groups in total. The van der Waals surface area contributed by atoms with E-state index >= 15 is 0 Å². The molecular formula is C32H24N4O4-2. The molecule has 0 amide bonds. The van der Waals surface area contributed by atoms with E-state index in [-0.39, 0.29) is 0 Å². The molecule has 0 aliphatic rings. The summed E-state index contributed by atoms with van der Waals surface area (Å²) in [5, 5.41) is 27.6. The second-order valence-corrected chi connectivity index (χ2v) is 9.16. The average molecular weight is 529 g/mol. The lowest BCUT2D eigenvalue weighted by Gasteiger charge is -2.24. The fourth-order valence-electron chi connectivity index (χ4n) is 4.77. The molecule has 0 aliphatic heterocycles. The maximum atomic E-state index is 11.5. The van der Waals surface area contributed by atoms with Crippen molar-refractivity contribution in [2.75, 3.05) is 10.3 Å². The van der Waals surface area contributed by atoms with Gasteiger partial charge >= 0.3 is 0 Å². The van der Waals surface area contributed by atoms with E-state index in [1.165, 1.54) is 0 Å². The number of ether oxygens (including phenoxy) is 2. The molecule has 0 atom stereocenters. The standard InChI is InChI=1S/C32H24N4O4/c33-35(37)23-11-15-25(16-12-23)39-29-19-9-21-5-1-3-7-27(21)31(29)32-28-8-4-2-6-22(28)10-20-30(32)40-26-17-13-24(14-18-26)36(34)38/h1-20H,33-34H2/q-2. The van der Waals surface area contributed by atoms with Crippen molar-refractivity contribution < 1.29 is 9.47 Å². The highest BCUT2D eigenvalue weighted by Gasteiger charge is 2.20. The summed E-state index contributed by atoms with van der Waals surface area (Å²) in [6, 6.07) is 37.2. The summed E-state index contributed by atoms with van der Waals surface area (Å²) < 4.78 is 12.9. The van der Waals surface area contributed by atoms with E-state index in [9.17, 15) is 10.4 Å². The average Bonchev–Trinajstić information content (AvgIpc) is 2.98. The first-order valence-electron chi connectivity index (χ1n) is 12.5. The van der Waals surface area contributed by atoms with Gasteiger partial charge in [0, 0.05) is 22.5 Å². The zero-order valence-electron chi connectivity index (χ0n) is 21.2. The van der Waals surface area contributed by atoms with Crippen LogP contribution in [0.25, 0.3) is 32.7 Å². The Bertz CT molecular complexity index is 1670. The van der Waals surface area contributed by atoms with Crippen molar-refractivity contribution in [3.8, 4) is 34.1 Å². The summed E-state index contributed by atoms with van der Waals surface area (Å²) in [6.07, 6.45) is 0. The Morgan fingerprint density at radius 1 is 0.450 bits per heavy atom. The first-order chi connectivity index (χ1) is 19.5. The lowest BCUT2D eigenvalue weighted by Crippen LogP contribution is -2.22. The quantitative estimate of drug-likeness (QED) is 0.160. The van der Waals surface area contributed by atoms with E-state index < -0.39 is 0 Å². The summed E-state index contributed by atoms with van der Waals surface area (Å²) >= 11 is 0. The summed E-state index contributed by atoms with van der Waals surface area (Å²) in [5.74, 6) is 13.0. The molecule has 0 aliphatic carbocycles. The van der Waals surface area contributed by atoms with Crippen LogP contribution in [-0.4, -0.2) is 0 Å². The lowest BCUT2D eigenvalue weighted by atomic mass is 9.92. The molecule has 0 unspecified atom stereocenters. The van der Waals surface area contributed by atoms with E-state index in [2.05, 4.69) is 12.1 Å². The van der Waals surface area contributed by atoms with Crippen molar-refractivity contribution in [2.24, 2.45) is 11.7 Å². The van der Waals surface area contributed by atoms with E-state index in [0.29, 0.717) is 44.7 Å². The van der Waals surface area contributed by atoms with Crippen LogP contribution in [0.2, 0.25) is 0 Å². The summed E-state index contributed by atoms with van der Waals surface area (Å²) in [5.41, 5.74) is 2.33. The minimum absolute atomic E-state index is 0.305. The number of benzene rings is 6. The summed E-state index contributed by atoms with van der Waals surface area (Å²) in [4.78, 5) is 0. The largest absolute Gasteiger partial charge is 0.743 e. The number of anilines is 2. The number of nitrogens with two attached hydrogens (primary N) is 2. The fourth-order valence-corrected chi connectivity index (χ4v) is 4.77. The zero-order valence-corrected chi connectivity index (χ0v) is 21.2. The minimum atomic E-state index is 0.305. The third-order valence-electron chi connectivity index (χ3n) is 6.67. The molecule has 0 fully saturated rings. The smallest absolute Gasteiger partial charge is 0.136 e. The highest BCUT2D eigenvalue weighted by atomic mass is 16.5. The molecule has 0 saturated carbocycles. The highest BCUT2D eigenvalue weighted by molar-refractivity contribution is 6.09. The van der Waals surface area contributed by atoms with E-state index in [4.69, 9.17) is 21.2 Å². The molecule has 0 saturated heterocycles. The Kier molecular flexibility index (Phi) is 6.65. The van der Waals surface area contributed by atoms with Crippen LogP contribution in [0.1, 0.15) is 0 Å². The van der Waals surface area contributed by atoms with Gasteiger partial charge < -0.3 is 30.2 Å². The highest BCUT2D eigenvalue weighted by Crippen LogP contribution is 2.47. The third-order valence-corrected chi connectivity index (χ3v) is 6.67. The van der Waals surface area contributed by atoms with Crippen LogP contribution in [0, 0.1) is 10.4 Å². The number of hydrogen-bond donors (Lipinski definition) is 2. The fraction of sp³-hybridized carbons (Fsp3) is 0. The van der Waals surface area contributed by atoms with Gasteiger partial charge in [0.2, 0.25) is 0 Å². The van der Waals surface area contributed by atoms with Crippen LogP contribution in [-0.2, 0) is 0 Å². The van der Waals surface area contributed by atoms with Crippen LogP contribution in [0.3, 0.4) is 0 Å². The molecule has 0 bridgehead atoms. The summed E-state index contributed by atoms with van der Waals surface area (Å²) in [6.45, 7) is 0. The molecule has 6 aromatic rings. The van der Waals surface area contributed by atoms with Gasteiger partial charge in [0.25, 0.3) is 0 Å². The third kappa shape index (κ3) is 4.86. The van der Waals surface area contributed by atoms with Crippen molar-refractivity contribution in [1.29, 1.82) is 0 Å². The van der Waals surface area contributed by atoms with Crippen LogP contribution in [0.4, 0.5) is 11.4 Å². The number of hydrogen-bond acceptors (Lipinski definition) is 8. The molecular weight excluding hydrogens is 504 g/mol. The first kappa shape index (κ1) is 25.2. The van der Waals surface area contributed by atoms with E-state index in [1.807, 2.05) is 60.7 Å². The second-order valence-electron chi connectivity index (χ2n) is 9.16. The van der Waals surface area contributed by atoms with Gasteiger partial charge in [-0.15, -0.1) is 0 Å². The zero-order chi connectivity index (χ0) is 27.6. The van der Waals surface area contributed by atoms with Crippen LogP contribution >= 0.6 is 0 Å². The monoisotopic (exact) mass is 528 g/mol. The summed E-state index contributed by atoms with van der Waals surface area (Å²) in [7, 11) is 0. The lowest BCUT2D eigenvalue weighted by molar-refractivity contribution is 0.478. The van der Waals surface area contributed by atoms with Crippen LogP contribution < -0.4 is 31.5 Å². The van der Waals surface area contributed by atoms with Crippen molar-refractivity contribution in [1.82, 2.24) is 0 Å². The molecule has 6 aromatic carbocycles. The number of fused-ring (bicyclic) bond motifs is 2. The predicted molar refractivity (Wildman–Crippen MR) is 160 cm³/mol. The van der Waals surface area contributed by atoms with Gasteiger partial charge in [-0.2, -0.15) is 0 Å². The Morgan fingerprint density at radius 3 is 1.20 bits per heavy atom. The molecule has 0 heterocycles. The molecule has 0 spiro atoms. The van der Waals surface area contributed by atoms with Crippen molar-refractivity contribution in [2.45, 2.75) is 0 Å². The van der Waals surface area contributed by atoms with Gasteiger partial charge in [0.15, 0.2) is 0 Å². The van der Waals surface area contributed by atoms with Gasteiger partial charge in [-0.25, -0.2) is 0 Å². The van der Waals surface area contributed by atoms with Crippen molar-refractivity contribution in [3.63, 3.8) is 0 Å². The second kappa shape index (κ2) is 10.6. The Morgan fingerprint density at radius 2 is 0.825 bits per heavy atom. The molecule has 8 nitrogen and oxygen atoms in total. The molecule has 0 radical (unpaired) electrons. The topological polar surface area (TPSA) is 123 Å². The van der Waals surface area contributed by atoms with E-state index in [1.54, 1.807) is 48.5 Å². The van der Waals surface area contributed by atoms with Gasteiger partial charge in [0.1, 0.15) is 23.0 Å². The molecule has 0 aromatic heterocycles. The van der Waals surface area contributed by atoms with Gasteiger partial charge in [-0.3, -0.25) is 11.7 Å². The molecule has 8 heteroatoms. The van der Waals surface area contributed by atoms with Gasteiger partial charge in [-0.05, 0) is 82.2 Å². The minimum Gasteiger partial charge on any atom is -0.743 e. The maximum Gasteiger partial charge on any atom is 0.136 e. The van der Waals surface area contributed by atoms with Crippen molar-refractivity contribution >= 4 is 32.9 Å². The predicted octanol–water partition coefficient (Wildman–Crippen LogP) is 7.60. The van der Waals surface area contributed by atoms with Gasteiger partial charge in [-0.1, -0.05) is 60.7 Å². The van der Waals surface area contributed by atoms with Crippen molar-refractivity contribution in [3.05, 3.63) is 132 Å². The number of hydrazine groups is 2. The number of nitrogens with zero attached hydrogens (tertiary/aromatic N) is 2. The SMILES string of the molecule is NN([O-])c1ccc(Oc2ccc3ccccc3c2-c2c(Oc3ccc(N(N)[O-])cc3)ccc3ccccc23)cc1. The Hall–Kier alpha value is -5.12. The molecule has 40 heavy (non-hydrogen) atoms.